The summed E-state index contributed by atoms with van der Waals surface area (Å²) in [5, 5.41) is 3.32. The van der Waals surface area contributed by atoms with E-state index in [1.165, 1.54) is 7.11 Å². The molecule has 31 heavy (non-hydrogen) atoms. The van der Waals surface area contributed by atoms with Crippen molar-refractivity contribution in [2.24, 2.45) is 0 Å². The highest BCUT2D eigenvalue weighted by Gasteiger charge is 2.41. The van der Waals surface area contributed by atoms with Crippen LogP contribution in [0.15, 0.2) is 23.9 Å². The average molecular weight is 460 g/mol. The van der Waals surface area contributed by atoms with Crippen LogP contribution in [0, 0.1) is 0 Å². The maximum Gasteiger partial charge on any atom is 0.330 e. The highest BCUT2D eigenvalue weighted by molar-refractivity contribution is 7.80. The van der Waals surface area contributed by atoms with E-state index in [1.807, 2.05) is 0 Å². The van der Waals surface area contributed by atoms with Crippen LogP contribution in [0.3, 0.4) is 0 Å². The van der Waals surface area contributed by atoms with Crippen molar-refractivity contribution in [2.75, 3.05) is 13.7 Å². The third-order valence-corrected chi connectivity index (χ3v) is 5.64. The molecular weight excluding hydrogens is 436 g/mol. The van der Waals surface area contributed by atoms with Crippen molar-refractivity contribution in [3.8, 4) is 5.75 Å². The number of amides is 1. The first kappa shape index (κ1) is 23.5. The van der Waals surface area contributed by atoms with Crippen molar-refractivity contribution in [3.63, 3.8) is 0 Å². The number of rotatable bonds is 8. The smallest absolute Gasteiger partial charge is 0.330 e. The van der Waals surface area contributed by atoms with E-state index in [2.05, 4.69) is 5.32 Å². The molecule has 1 N–H and O–H groups in total. The Morgan fingerprint density at radius 1 is 1.29 bits per heavy atom. The molecule has 0 bridgehead atoms. The van der Waals surface area contributed by atoms with Crippen molar-refractivity contribution in [1.82, 2.24) is 10.2 Å². The van der Waals surface area contributed by atoms with Gasteiger partial charge in [-0.25, -0.2) is 8.78 Å². The third-order valence-electron chi connectivity index (χ3n) is 5.34. The van der Waals surface area contributed by atoms with Crippen LogP contribution in [-0.4, -0.2) is 48.0 Å². The Bertz CT molecular complexity index is 857. The largest absolute Gasteiger partial charge is 0.496 e. The van der Waals surface area contributed by atoms with Crippen LogP contribution in [-0.2, 0) is 16.1 Å². The molecular formula is C21H24F4N2O3S. The van der Waals surface area contributed by atoms with E-state index in [0.717, 1.165) is 32.1 Å². The highest BCUT2D eigenvalue weighted by Crippen LogP contribution is 2.29. The molecule has 1 aliphatic carbocycles. The van der Waals surface area contributed by atoms with Crippen molar-refractivity contribution in [3.05, 3.63) is 35.0 Å². The summed E-state index contributed by atoms with van der Waals surface area (Å²) in [5.74, 6) is -4.08. The summed E-state index contributed by atoms with van der Waals surface area (Å²) in [5.41, 5.74) is 1.29. The molecule has 10 heteroatoms. The lowest BCUT2D eigenvalue weighted by atomic mass is 9.94. The molecule has 1 amide bonds. The maximum atomic E-state index is 13.1. The summed E-state index contributed by atoms with van der Waals surface area (Å²) in [6.07, 6.45) is 2.89. The number of ether oxygens (including phenoxy) is 2. The summed E-state index contributed by atoms with van der Waals surface area (Å²) < 4.78 is 60.7. The predicted octanol–water partition coefficient (Wildman–Crippen LogP) is 4.50. The Morgan fingerprint density at radius 3 is 2.65 bits per heavy atom. The zero-order valence-corrected chi connectivity index (χ0v) is 17.8. The average Bonchev–Trinajstić information content (AvgIpc) is 3.01. The Labute approximate surface area is 183 Å². The van der Waals surface area contributed by atoms with Gasteiger partial charge in [0.15, 0.2) is 5.11 Å². The van der Waals surface area contributed by atoms with Crippen LogP contribution in [0.25, 0.3) is 6.08 Å². The molecule has 0 aromatic heterocycles. The van der Waals surface area contributed by atoms with Gasteiger partial charge < -0.3 is 14.8 Å². The van der Waals surface area contributed by atoms with Crippen LogP contribution in [0.2, 0.25) is 0 Å². The van der Waals surface area contributed by atoms with Gasteiger partial charge in [-0.15, -0.1) is 0 Å². The Hall–Kier alpha value is -2.20. The first-order valence-corrected chi connectivity index (χ1v) is 10.4. The van der Waals surface area contributed by atoms with Gasteiger partial charge in [0.25, 0.3) is 5.91 Å². The normalized spacial score (nSPS) is 19.4. The van der Waals surface area contributed by atoms with E-state index < -0.39 is 19.0 Å². The number of nitrogens with zero attached hydrogens (tertiary/aromatic N) is 1. The second-order valence-corrected chi connectivity index (χ2v) is 7.97. The molecule has 1 aromatic carbocycles. The third kappa shape index (κ3) is 5.54. The minimum atomic E-state index is -4.23. The lowest BCUT2D eigenvalue weighted by Gasteiger charge is -2.29. The zero-order valence-electron chi connectivity index (χ0n) is 17.0. The lowest BCUT2D eigenvalue weighted by molar-refractivity contribution is -0.168. The molecule has 1 aliphatic heterocycles. The second kappa shape index (κ2) is 9.95. The Morgan fingerprint density at radius 2 is 2.00 bits per heavy atom. The number of alkyl halides is 4. The van der Waals surface area contributed by atoms with Gasteiger partial charge in [0.1, 0.15) is 18.1 Å². The van der Waals surface area contributed by atoms with Gasteiger partial charge >= 0.3 is 12.3 Å². The molecule has 1 heterocycles. The minimum Gasteiger partial charge on any atom is -0.496 e. The zero-order chi connectivity index (χ0) is 22.6. The van der Waals surface area contributed by atoms with Gasteiger partial charge in [0.2, 0.25) is 0 Å². The molecule has 3 rings (SSSR count). The first-order valence-electron chi connectivity index (χ1n) is 10.00. The van der Waals surface area contributed by atoms with E-state index in [-0.39, 0.29) is 18.6 Å². The number of halogens is 4. The summed E-state index contributed by atoms with van der Waals surface area (Å²) >= 11 is 5.35. The molecule has 1 saturated heterocycles. The quantitative estimate of drug-likeness (QED) is 0.352. The number of carbonyl (C=O) groups excluding carboxylic acids is 1. The SMILES string of the molecule is COc1ccc(/C=C2/NC(=S)N(C3CCCCC3)C2=O)cc1COCC(F)(F)C(F)F. The molecule has 5 nitrogen and oxygen atoms in total. The van der Waals surface area contributed by atoms with Crippen LogP contribution >= 0.6 is 12.2 Å². The number of benzene rings is 1. The van der Waals surface area contributed by atoms with Crippen molar-refractivity contribution in [1.29, 1.82) is 0 Å². The summed E-state index contributed by atoms with van der Waals surface area (Å²) in [6.45, 7) is -1.76. The number of carbonyl (C=O) groups is 1. The molecule has 1 saturated carbocycles. The summed E-state index contributed by atoms with van der Waals surface area (Å²) in [6, 6.07) is 4.95. The van der Waals surface area contributed by atoms with Gasteiger partial charge in [-0.3, -0.25) is 9.69 Å². The first-order chi connectivity index (χ1) is 14.7. The standard InChI is InChI=1S/C21H24F4N2O3S/c1-29-17-8-7-13(9-14(17)11-30-12-21(24,25)19(22)23)10-16-18(28)27(20(31)26-16)15-5-3-2-4-6-15/h7-10,15,19H,2-6,11-12H2,1H3,(H,26,31)/b16-10+. The van der Waals surface area contributed by atoms with Gasteiger partial charge in [-0.2, -0.15) is 8.78 Å². The van der Waals surface area contributed by atoms with E-state index in [1.54, 1.807) is 29.2 Å². The number of methoxy groups -OCH3 is 1. The molecule has 0 radical (unpaired) electrons. The number of hydrogen-bond acceptors (Lipinski definition) is 4. The fourth-order valence-corrected chi connectivity index (χ4v) is 4.09. The summed E-state index contributed by atoms with van der Waals surface area (Å²) in [7, 11) is 1.40. The van der Waals surface area contributed by atoms with Crippen molar-refractivity contribution in [2.45, 2.75) is 57.1 Å². The molecule has 1 aromatic rings. The Balaban J connectivity index is 1.74. The van der Waals surface area contributed by atoms with Crippen molar-refractivity contribution >= 4 is 29.3 Å². The van der Waals surface area contributed by atoms with Gasteiger partial charge in [-0.05, 0) is 48.8 Å². The number of nitrogens with one attached hydrogen (secondary N) is 1. The minimum absolute atomic E-state index is 0.0866. The summed E-state index contributed by atoms with van der Waals surface area (Å²) in [4.78, 5) is 14.5. The fraction of sp³-hybridized carbons (Fsp3) is 0.524. The van der Waals surface area contributed by atoms with E-state index >= 15 is 0 Å². The van der Waals surface area contributed by atoms with Gasteiger partial charge in [0.05, 0.1) is 13.7 Å². The monoisotopic (exact) mass is 460 g/mol. The van der Waals surface area contributed by atoms with Crippen LogP contribution < -0.4 is 10.1 Å². The topological polar surface area (TPSA) is 50.8 Å². The lowest BCUT2D eigenvalue weighted by Crippen LogP contribution is -2.41. The number of hydrogen-bond donors (Lipinski definition) is 1. The molecule has 0 atom stereocenters. The van der Waals surface area contributed by atoms with Gasteiger partial charge in [-0.1, -0.05) is 25.3 Å². The van der Waals surface area contributed by atoms with E-state index in [9.17, 15) is 22.4 Å². The predicted molar refractivity (Wildman–Crippen MR) is 111 cm³/mol. The van der Waals surface area contributed by atoms with Crippen LogP contribution in [0.4, 0.5) is 17.6 Å². The van der Waals surface area contributed by atoms with E-state index in [0.29, 0.717) is 27.7 Å². The molecule has 2 fully saturated rings. The fourth-order valence-electron chi connectivity index (χ4n) is 3.75. The number of thiocarbonyl (C=S) groups is 1. The van der Waals surface area contributed by atoms with Gasteiger partial charge in [0, 0.05) is 11.6 Å². The van der Waals surface area contributed by atoms with Crippen LogP contribution in [0.1, 0.15) is 43.2 Å². The van der Waals surface area contributed by atoms with Crippen LogP contribution in [0.5, 0.6) is 5.75 Å². The molecule has 170 valence electrons. The molecule has 2 aliphatic rings. The maximum absolute atomic E-state index is 13.1. The molecule has 0 spiro atoms. The second-order valence-electron chi connectivity index (χ2n) is 7.58. The molecule has 0 unspecified atom stereocenters. The van der Waals surface area contributed by atoms with Crippen molar-refractivity contribution < 1.29 is 31.8 Å². The van der Waals surface area contributed by atoms with E-state index in [4.69, 9.17) is 21.7 Å². The Kier molecular flexibility index (Phi) is 7.53. The highest BCUT2D eigenvalue weighted by atomic mass is 32.1.